The summed E-state index contributed by atoms with van der Waals surface area (Å²) in [6, 6.07) is 0. The number of ether oxygens (including phenoxy) is 1. The van der Waals surface area contributed by atoms with Crippen LogP contribution in [0.4, 0.5) is 0 Å². The zero-order valence-corrected chi connectivity index (χ0v) is 12.1. The number of carbonyl (C=O) groups excluding carboxylic acids is 1. The van der Waals surface area contributed by atoms with Crippen LogP contribution in [-0.2, 0) is 14.3 Å². The molecule has 0 spiro atoms. The lowest BCUT2D eigenvalue weighted by Gasteiger charge is -2.37. The molecule has 1 heterocycles. The first kappa shape index (κ1) is 16.0. The van der Waals surface area contributed by atoms with Crippen LogP contribution in [0.5, 0.6) is 0 Å². The Morgan fingerprint density at radius 1 is 1.26 bits per heavy atom. The van der Waals surface area contributed by atoms with Gasteiger partial charge in [-0.25, -0.2) is 0 Å². The van der Waals surface area contributed by atoms with Crippen LogP contribution >= 0.6 is 0 Å². The second-order valence-electron chi connectivity index (χ2n) is 6.28. The molecule has 1 rings (SSSR count). The van der Waals surface area contributed by atoms with Gasteiger partial charge in [-0.15, -0.1) is 0 Å². The van der Waals surface area contributed by atoms with Crippen molar-refractivity contribution in [2.45, 2.75) is 58.5 Å². The van der Waals surface area contributed by atoms with Crippen LogP contribution in [0.1, 0.15) is 52.9 Å². The molecule has 0 amide bonds. The fraction of sp³-hybridized carbons (Fsp3) is 0.857. The first-order valence-electron chi connectivity index (χ1n) is 6.91. The SMILES string of the molecule is CC(C)(C)OC(=O)C1(CCCC(=O)O)CCNCC1. The molecule has 0 bridgehead atoms. The molecule has 19 heavy (non-hydrogen) atoms. The number of rotatable bonds is 5. The minimum absolute atomic E-state index is 0.109. The molecule has 110 valence electrons. The van der Waals surface area contributed by atoms with E-state index in [9.17, 15) is 9.59 Å². The second-order valence-corrected chi connectivity index (χ2v) is 6.28. The number of carboxylic acids is 1. The zero-order chi connectivity index (χ0) is 14.5. The molecule has 1 aliphatic heterocycles. The third-order valence-electron chi connectivity index (χ3n) is 3.44. The topological polar surface area (TPSA) is 75.6 Å². The number of nitrogens with one attached hydrogen (secondary N) is 1. The minimum atomic E-state index is -0.812. The summed E-state index contributed by atoms with van der Waals surface area (Å²) < 4.78 is 5.52. The molecule has 0 aliphatic carbocycles. The van der Waals surface area contributed by atoms with E-state index in [1.54, 1.807) is 0 Å². The van der Waals surface area contributed by atoms with E-state index >= 15 is 0 Å². The maximum Gasteiger partial charge on any atom is 0.312 e. The van der Waals surface area contributed by atoms with Crippen molar-refractivity contribution in [3.8, 4) is 0 Å². The minimum Gasteiger partial charge on any atom is -0.481 e. The molecule has 0 radical (unpaired) electrons. The molecule has 0 aromatic carbocycles. The molecule has 1 saturated heterocycles. The standard InChI is InChI=1S/C14H25NO4/c1-13(2,3)19-12(18)14(6-4-5-11(16)17)7-9-15-10-8-14/h15H,4-10H2,1-3H3,(H,16,17). The Labute approximate surface area is 114 Å². The highest BCUT2D eigenvalue weighted by Gasteiger charge is 2.42. The van der Waals surface area contributed by atoms with Crippen molar-refractivity contribution in [3.05, 3.63) is 0 Å². The average molecular weight is 271 g/mol. The van der Waals surface area contributed by atoms with Gasteiger partial charge in [0.15, 0.2) is 0 Å². The molecule has 5 heteroatoms. The van der Waals surface area contributed by atoms with Crippen molar-refractivity contribution < 1.29 is 19.4 Å². The van der Waals surface area contributed by atoms with E-state index in [1.807, 2.05) is 20.8 Å². The largest absolute Gasteiger partial charge is 0.481 e. The Morgan fingerprint density at radius 3 is 2.32 bits per heavy atom. The van der Waals surface area contributed by atoms with Gasteiger partial charge in [-0.2, -0.15) is 0 Å². The molecule has 0 aromatic heterocycles. The molecule has 2 N–H and O–H groups in total. The van der Waals surface area contributed by atoms with Crippen LogP contribution in [0, 0.1) is 5.41 Å². The van der Waals surface area contributed by atoms with Crippen molar-refractivity contribution in [1.29, 1.82) is 0 Å². The van der Waals surface area contributed by atoms with Gasteiger partial charge in [0, 0.05) is 6.42 Å². The highest BCUT2D eigenvalue weighted by atomic mass is 16.6. The van der Waals surface area contributed by atoms with Crippen LogP contribution in [0.3, 0.4) is 0 Å². The fourth-order valence-electron chi connectivity index (χ4n) is 2.43. The van der Waals surface area contributed by atoms with E-state index in [2.05, 4.69) is 5.32 Å². The van der Waals surface area contributed by atoms with Gasteiger partial charge in [0.25, 0.3) is 0 Å². The molecule has 1 aliphatic rings. The van der Waals surface area contributed by atoms with Crippen LogP contribution in [0.15, 0.2) is 0 Å². The molecule has 5 nitrogen and oxygen atoms in total. The van der Waals surface area contributed by atoms with Crippen molar-refractivity contribution in [3.63, 3.8) is 0 Å². The summed E-state index contributed by atoms with van der Waals surface area (Å²) in [6.07, 6.45) is 2.67. The smallest absolute Gasteiger partial charge is 0.312 e. The van der Waals surface area contributed by atoms with Gasteiger partial charge >= 0.3 is 11.9 Å². The van der Waals surface area contributed by atoms with Gasteiger partial charge in [-0.05, 0) is 59.5 Å². The molecular formula is C14H25NO4. The van der Waals surface area contributed by atoms with E-state index in [1.165, 1.54) is 0 Å². The third-order valence-corrected chi connectivity index (χ3v) is 3.44. The van der Waals surface area contributed by atoms with Crippen molar-refractivity contribution in [2.75, 3.05) is 13.1 Å². The predicted octanol–water partition coefficient (Wildman–Crippen LogP) is 1.95. The number of carboxylic acid groups (broad SMARTS) is 1. The summed E-state index contributed by atoms with van der Waals surface area (Å²) in [7, 11) is 0. The van der Waals surface area contributed by atoms with Crippen LogP contribution in [0.2, 0.25) is 0 Å². The monoisotopic (exact) mass is 271 g/mol. The second kappa shape index (κ2) is 6.37. The van der Waals surface area contributed by atoms with Crippen LogP contribution < -0.4 is 5.32 Å². The Kier molecular flexibility index (Phi) is 5.35. The molecular weight excluding hydrogens is 246 g/mol. The molecule has 0 unspecified atom stereocenters. The van der Waals surface area contributed by atoms with E-state index < -0.39 is 17.0 Å². The Bertz CT molecular complexity index is 327. The van der Waals surface area contributed by atoms with Crippen molar-refractivity contribution in [1.82, 2.24) is 5.32 Å². The van der Waals surface area contributed by atoms with Gasteiger partial charge in [0.05, 0.1) is 5.41 Å². The summed E-state index contributed by atoms with van der Waals surface area (Å²) >= 11 is 0. The lowest BCUT2D eigenvalue weighted by Crippen LogP contribution is -2.45. The lowest BCUT2D eigenvalue weighted by atomic mass is 9.75. The summed E-state index contributed by atoms with van der Waals surface area (Å²) in [5.74, 6) is -0.986. The first-order valence-corrected chi connectivity index (χ1v) is 6.91. The molecule has 1 fully saturated rings. The van der Waals surface area contributed by atoms with E-state index in [0.717, 1.165) is 25.9 Å². The van der Waals surface area contributed by atoms with Crippen LogP contribution in [0.25, 0.3) is 0 Å². The number of carbonyl (C=O) groups is 2. The molecule has 0 aromatic rings. The summed E-state index contributed by atoms with van der Waals surface area (Å²) in [5, 5.41) is 12.0. The number of esters is 1. The van der Waals surface area contributed by atoms with Crippen molar-refractivity contribution >= 4 is 11.9 Å². The van der Waals surface area contributed by atoms with Gasteiger partial charge in [0.2, 0.25) is 0 Å². The molecule has 0 atom stereocenters. The predicted molar refractivity (Wildman–Crippen MR) is 71.9 cm³/mol. The van der Waals surface area contributed by atoms with E-state index in [0.29, 0.717) is 12.8 Å². The highest BCUT2D eigenvalue weighted by Crippen LogP contribution is 2.37. The average Bonchev–Trinajstić information content (AvgIpc) is 2.27. The fourth-order valence-corrected chi connectivity index (χ4v) is 2.43. The van der Waals surface area contributed by atoms with Gasteiger partial charge in [-0.1, -0.05) is 0 Å². The third kappa shape index (κ3) is 5.19. The Balaban J connectivity index is 2.69. The van der Waals surface area contributed by atoms with Crippen molar-refractivity contribution in [2.24, 2.45) is 5.41 Å². The number of hydrogen-bond acceptors (Lipinski definition) is 4. The Hall–Kier alpha value is -1.10. The van der Waals surface area contributed by atoms with Gasteiger partial charge in [-0.3, -0.25) is 9.59 Å². The van der Waals surface area contributed by atoms with Gasteiger partial charge in [0.1, 0.15) is 5.60 Å². The van der Waals surface area contributed by atoms with Gasteiger partial charge < -0.3 is 15.2 Å². The maximum atomic E-state index is 12.4. The number of aliphatic carboxylic acids is 1. The van der Waals surface area contributed by atoms with E-state index in [4.69, 9.17) is 9.84 Å². The number of hydrogen-bond donors (Lipinski definition) is 2. The summed E-state index contributed by atoms with van der Waals surface area (Å²) in [4.78, 5) is 23.0. The highest BCUT2D eigenvalue weighted by molar-refractivity contribution is 5.77. The first-order chi connectivity index (χ1) is 8.75. The lowest BCUT2D eigenvalue weighted by molar-refractivity contribution is -0.170. The normalized spacial score (nSPS) is 18.9. The summed E-state index contributed by atoms with van der Waals surface area (Å²) in [5.41, 5.74) is -1.00. The Morgan fingerprint density at radius 2 is 1.84 bits per heavy atom. The van der Waals surface area contributed by atoms with E-state index in [-0.39, 0.29) is 12.4 Å². The van der Waals surface area contributed by atoms with Crippen LogP contribution in [-0.4, -0.2) is 35.7 Å². The molecule has 0 saturated carbocycles. The maximum absolute atomic E-state index is 12.4. The number of piperidine rings is 1. The summed E-state index contributed by atoms with van der Waals surface area (Å²) in [6.45, 7) is 7.14. The quantitative estimate of drug-likeness (QED) is 0.747. The zero-order valence-electron chi connectivity index (χ0n) is 12.1.